The average Bonchev–Trinajstić information content (AvgIpc) is 3.28. The number of hydroxylamine groups is 3. The number of amides is 1. The Bertz CT molecular complexity index is 1320. The van der Waals surface area contributed by atoms with Crippen LogP contribution in [-0.4, -0.2) is 92.0 Å². The number of nitrogens with zero attached hydrogens (tertiary/aromatic N) is 3. The fourth-order valence-electron chi connectivity index (χ4n) is 5.02. The number of hydrogen-bond acceptors (Lipinski definition) is 6. The summed E-state index contributed by atoms with van der Waals surface area (Å²) in [5, 5.41) is 15.9. The summed E-state index contributed by atoms with van der Waals surface area (Å²) >= 11 is 6.08. The summed E-state index contributed by atoms with van der Waals surface area (Å²) in [6.07, 6.45) is 0.254. The second-order valence-electron chi connectivity index (χ2n) is 11.3. The highest BCUT2D eigenvalue weighted by atomic mass is 35.5. The first-order valence-electron chi connectivity index (χ1n) is 12.9. The van der Waals surface area contributed by atoms with E-state index in [0.717, 1.165) is 5.39 Å². The van der Waals surface area contributed by atoms with E-state index in [1.54, 1.807) is 62.9 Å². The van der Waals surface area contributed by atoms with Gasteiger partial charge in [0.15, 0.2) is 11.8 Å². The quantitative estimate of drug-likeness (QED) is 0.376. The number of halogens is 1. The minimum atomic E-state index is -4.14. The Labute approximate surface area is 229 Å². The summed E-state index contributed by atoms with van der Waals surface area (Å²) in [6.45, 7) is 8.20. The van der Waals surface area contributed by atoms with E-state index in [2.05, 4.69) is 0 Å². The molecule has 2 fully saturated rings. The standard InChI is InChI=1S/C27H36ClN3O6S/c1-19(26(33)29-10-13-37-14-11-29)31(34)12-9-23(18-31)30(17-25(32)27(2,3)4)38(35,36)24-8-6-20-15-22(28)7-5-21(20)16-24/h5-8,15-16,19,23H,9-14,17-18H2,1-4H3. The highest BCUT2D eigenvalue weighted by molar-refractivity contribution is 7.89. The van der Waals surface area contributed by atoms with Crippen LogP contribution in [0.4, 0.5) is 0 Å². The van der Waals surface area contributed by atoms with Crippen LogP contribution in [0.2, 0.25) is 5.02 Å². The number of benzene rings is 2. The molecule has 1 amide bonds. The molecule has 3 atom stereocenters. The highest BCUT2D eigenvalue weighted by Crippen LogP contribution is 2.32. The van der Waals surface area contributed by atoms with Gasteiger partial charge in [-0.05, 0) is 42.0 Å². The summed E-state index contributed by atoms with van der Waals surface area (Å²) in [5.41, 5.74) is -0.768. The molecule has 4 rings (SSSR count). The van der Waals surface area contributed by atoms with Crippen molar-refractivity contribution in [2.24, 2.45) is 5.41 Å². The SMILES string of the molecule is CC(C(=O)N1CCOCC1)[N+]1([O-])CCC(N(CC(=O)C(C)(C)C)S(=O)(=O)c2ccc3cc(Cl)ccc3c2)C1. The molecule has 0 saturated carbocycles. The molecule has 0 aromatic heterocycles. The van der Waals surface area contributed by atoms with Crippen molar-refractivity contribution in [1.82, 2.24) is 9.21 Å². The van der Waals surface area contributed by atoms with Crippen LogP contribution in [0.1, 0.15) is 34.1 Å². The number of carbonyl (C=O) groups excluding carboxylic acids is 2. The van der Waals surface area contributed by atoms with E-state index in [1.165, 1.54) is 10.4 Å². The lowest BCUT2D eigenvalue weighted by atomic mass is 9.91. The van der Waals surface area contributed by atoms with Gasteiger partial charge in [-0.3, -0.25) is 9.59 Å². The molecule has 2 heterocycles. The number of morpholine rings is 1. The molecule has 38 heavy (non-hydrogen) atoms. The number of ketones is 1. The first-order valence-corrected chi connectivity index (χ1v) is 14.7. The molecule has 0 radical (unpaired) electrons. The Kier molecular flexibility index (Phi) is 8.24. The zero-order valence-corrected chi connectivity index (χ0v) is 23.9. The van der Waals surface area contributed by atoms with Crippen molar-refractivity contribution >= 4 is 44.1 Å². The lowest BCUT2D eigenvalue weighted by Gasteiger charge is -2.45. The predicted molar refractivity (Wildman–Crippen MR) is 146 cm³/mol. The summed E-state index contributed by atoms with van der Waals surface area (Å²) in [6, 6.07) is 8.33. The van der Waals surface area contributed by atoms with Crippen LogP contribution in [0.25, 0.3) is 10.8 Å². The fraction of sp³-hybridized carbons (Fsp3) is 0.556. The number of Topliss-reactive ketones (excluding diaryl/α,β-unsaturated/α-hetero) is 1. The molecule has 0 aliphatic carbocycles. The Morgan fingerprint density at radius 1 is 1.16 bits per heavy atom. The third-order valence-electron chi connectivity index (χ3n) is 7.67. The maximum atomic E-state index is 14.0. The van der Waals surface area contributed by atoms with Crippen LogP contribution in [-0.2, 0) is 24.3 Å². The molecular formula is C27H36ClN3O6S. The van der Waals surface area contributed by atoms with E-state index in [9.17, 15) is 23.2 Å². The Hall–Kier alpha value is -2.08. The second-order valence-corrected chi connectivity index (χ2v) is 13.6. The molecule has 2 saturated heterocycles. The van der Waals surface area contributed by atoms with Gasteiger partial charge in [-0.15, -0.1) is 0 Å². The van der Waals surface area contributed by atoms with Gasteiger partial charge in [-0.25, -0.2) is 8.42 Å². The lowest BCUT2D eigenvalue weighted by molar-refractivity contribution is -0.883. The molecule has 0 bridgehead atoms. The largest absolute Gasteiger partial charge is 0.632 e. The second kappa shape index (κ2) is 10.8. The molecule has 208 valence electrons. The smallest absolute Gasteiger partial charge is 0.281 e. The van der Waals surface area contributed by atoms with Crippen LogP contribution in [0.5, 0.6) is 0 Å². The average molecular weight is 566 g/mol. The monoisotopic (exact) mass is 565 g/mol. The first kappa shape index (κ1) is 28.9. The van der Waals surface area contributed by atoms with Crippen LogP contribution >= 0.6 is 11.6 Å². The van der Waals surface area contributed by atoms with Crippen molar-refractivity contribution in [2.75, 3.05) is 45.9 Å². The van der Waals surface area contributed by atoms with Gasteiger partial charge in [0, 0.05) is 29.9 Å². The van der Waals surface area contributed by atoms with Crippen LogP contribution < -0.4 is 0 Å². The van der Waals surface area contributed by atoms with E-state index in [1.807, 2.05) is 0 Å². The molecule has 2 aromatic carbocycles. The van der Waals surface area contributed by atoms with Gasteiger partial charge in [-0.2, -0.15) is 4.31 Å². The van der Waals surface area contributed by atoms with Gasteiger partial charge in [-0.1, -0.05) is 44.5 Å². The molecule has 2 aliphatic rings. The minimum Gasteiger partial charge on any atom is -0.632 e. The van der Waals surface area contributed by atoms with E-state index in [-0.39, 0.29) is 42.6 Å². The highest BCUT2D eigenvalue weighted by Gasteiger charge is 2.46. The summed E-state index contributed by atoms with van der Waals surface area (Å²) < 4.78 is 33.7. The van der Waals surface area contributed by atoms with E-state index < -0.39 is 32.2 Å². The minimum absolute atomic E-state index is 0.0439. The van der Waals surface area contributed by atoms with Crippen LogP contribution in [0.15, 0.2) is 41.3 Å². The number of hydrogen-bond donors (Lipinski definition) is 0. The van der Waals surface area contributed by atoms with Gasteiger partial charge in [0.1, 0.15) is 0 Å². The van der Waals surface area contributed by atoms with Crippen molar-refractivity contribution in [3.8, 4) is 0 Å². The number of quaternary nitrogens is 1. The number of sulfonamides is 1. The zero-order chi connectivity index (χ0) is 27.9. The van der Waals surface area contributed by atoms with Crippen LogP contribution in [0.3, 0.4) is 0 Å². The first-order chi connectivity index (χ1) is 17.7. The third-order valence-corrected chi connectivity index (χ3v) is 9.80. The van der Waals surface area contributed by atoms with Gasteiger partial charge < -0.3 is 19.5 Å². The normalized spacial score (nSPS) is 23.7. The predicted octanol–water partition coefficient (Wildman–Crippen LogP) is 3.43. The molecule has 9 nitrogen and oxygen atoms in total. The van der Waals surface area contributed by atoms with Gasteiger partial charge in [0.05, 0.1) is 43.8 Å². The number of carbonyl (C=O) groups is 2. The van der Waals surface area contributed by atoms with Crippen molar-refractivity contribution in [1.29, 1.82) is 0 Å². The number of ether oxygens (including phenoxy) is 1. The van der Waals surface area contributed by atoms with E-state index in [0.29, 0.717) is 36.7 Å². The van der Waals surface area contributed by atoms with Crippen LogP contribution in [0, 0.1) is 10.6 Å². The Morgan fingerprint density at radius 2 is 1.79 bits per heavy atom. The van der Waals surface area contributed by atoms with Gasteiger partial charge in [0.2, 0.25) is 10.0 Å². The van der Waals surface area contributed by atoms with Gasteiger partial charge >= 0.3 is 0 Å². The maximum absolute atomic E-state index is 14.0. The summed E-state index contributed by atoms with van der Waals surface area (Å²) in [7, 11) is -4.14. The Morgan fingerprint density at radius 3 is 2.45 bits per heavy atom. The summed E-state index contributed by atoms with van der Waals surface area (Å²) in [4.78, 5) is 27.9. The van der Waals surface area contributed by atoms with Crippen molar-refractivity contribution in [3.05, 3.63) is 46.6 Å². The molecular weight excluding hydrogens is 530 g/mol. The van der Waals surface area contributed by atoms with E-state index in [4.69, 9.17) is 16.3 Å². The number of rotatable bonds is 7. The molecule has 0 N–H and O–H groups in total. The van der Waals surface area contributed by atoms with Gasteiger partial charge in [0.25, 0.3) is 5.91 Å². The van der Waals surface area contributed by atoms with Crippen molar-refractivity contribution in [3.63, 3.8) is 0 Å². The maximum Gasteiger partial charge on any atom is 0.281 e. The molecule has 11 heteroatoms. The molecule has 2 aliphatic heterocycles. The van der Waals surface area contributed by atoms with Crippen molar-refractivity contribution < 1.29 is 27.4 Å². The lowest BCUT2D eigenvalue weighted by Crippen LogP contribution is -2.58. The Balaban J connectivity index is 1.64. The molecule has 2 aromatic rings. The third kappa shape index (κ3) is 5.90. The number of likely N-dealkylation sites (tertiary alicyclic amines) is 1. The number of fused-ring (bicyclic) bond motifs is 1. The molecule has 0 spiro atoms. The van der Waals surface area contributed by atoms with E-state index >= 15 is 0 Å². The van der Waals surface area contributed by atoms with Crippen molar-refractivity contribution in [2.45, 2.75) is 51.1 Å². The zero-order valence-electron chi connectivity index (χ0n) is 22.4. The molecule has 3 unspecified atom stereocenters. The summed E-state index contributed by atoms with van der Waals surface area (Å²) in [5.74, 6) is -0.501. The topological polar surface area (TPSA) is 107 Å². The fourth-order valence-corrected chi connectivity index (χ4v) is 6.84.